The molecule has 0 aromatic carbocycles. The molecule has 0 aromatic rings. The Labute approximate surface area is 65.2 Å². The van der Waals surface area contributed by atoms with Crippen molar-refractivity contribution >= 4 is 5.97 Å². The molecule has 0 saturated carbocycles. The molecule has 3 heteroatoms. The van der Waals surface area contributed by atoms with Gasteiger partial charge in [-0.15, -0.1) is 0 Å². The zero-order chi connectivity index (χ0) is 8.27. The van der Waals surface area contributed by atoms with Gasteiger partial charge in [-0.1, -0.05) is 24.3 Å². The summed E-state index contributed by atoms with van der Waals surface area (Å²) in [6.07, 6.45) is 8.21. The van der Waals surface area contributed by atoms with E-state index in [2.05, 4.69) is 0 Å². The highest BCUT2D eigenvalue weighted by molar-refractivity contribution is 5.74. The number of allylic oxidation sites excluding steroid dienone is 3. The first-order chi connectivity index (χ1) is 5.22. The lowest BCUT2D eigenvalue weighted by atomic mass is 9.93. The summed E-state index contributed by atoms with van der Waals surface area (Å²) >= 11 is 0. The number of aliphatic carboxylic acids is 1. The third-order valence-corrected chi connectivity index (χ3v) is 1.76. The molecular formula is C8H11NO2. The Morgan fingerprint density at radius 1 is 1.64 bits per heavy atom. The van der Waals surface area contributed by atoms with Crippen LogP contribution in [0.5, 0.6) is 0 Å². The topological polar surface area (TPSA) is 63.3 Å². The molecule has 3 nitrogen and oxygen atoms in total. The summed E-state index contributed by atoms with van der Waals surface area (Å²) in [6, 6.07) is -0.767. The molecule has 1 aliphatic carbocycles. The second-order valence-corrected chi connectivity index (χ2v) is 2.58. The largest absolute Gasteiger partial charge is 0.480 e. The fourth-order valence-corrected chi connectivity index (χ4v) is 1.05. The summed E-state index contributed by atoms with van der Waals surface area (Å²) < 4.78 is 0. The van der Waals surface area contributed by atoms with Gasteiger partial charge in [0.05, 0.1) is 0 Å². The lowest BCUT2D eigenvalue weighted by molar-refractivity contribution is -0.139. The smallest absolute Gasteiger partial charge is 0.321 e. The minimum absolute atomic E-state index is 0.0440. The first-order valence-electron chi connectivity index (χ1n) is 3.53. The number of carboxylic acid groups (broad SMARTS) is 1. The van der Waals surface area contributed by atoms with E-state index in [0.29, 0.717) is 0 Å². The van der Waals surface area contributed by atoms with Gasteiger partial charge in [-0.05, 0) is 6.42 Å². The van der Waals surface area contributed by atoms with Crippen LogP contribution < -0.4 is 5.73 Å². The summed E-state index contributed by atoms with van der Waals surface area (Å²) in [4.78, 5) is 10.4. The van der Waals surface area contributed by atoms with Crippen molar-refractivity contribution in [1.82, 2.24) is 0 Å². The number of hydrogen-bond donors (Lipinski definition) is 2. The van der Waals surface area contributed by atoms with Gasteiger partial charge in [-0.25, -0.2) is 0 Å². The van der Waals surface area contributed by atoms with E-state index in [4.69, 9.17) is 10.8 Å². The monoisotopic (exact) mass is 153 g/mol. The quantitative estimate of drug-likeness (QED) is 0.608. The van der Waals surface area contributed by atoms with Crippen LogP contribution in [0.25, 0.3) is 0 Å². The van der Waals surface area contributed by atoms with Crippen LogP contribution in [0, 0.1) is 5.92 Å². The molecule has 0 aliphatic heterocycles. The molecular weight excluding hydrogens is 142 g/mol. The van der Waals surface area contributed by atoms with E-state index < -0.39 is 12.0 Å². The van der Waals surface area contributed by atoms with Crippen LogP contribution in [0.1, 0.15) is 6.42 Å². The summed E-state index contributed by atoms with van der Waals surface area (Å²) in [5.74, 6) is -0.979. The minimum atomic E-state index is -0.935. The second kappa shape index (κ2) is 3.34. The SMILES string of the molecule is N[C@H](C(=O)O)C1C=CC=CC1. The van der Waals surface area contributed by atoms with Crippen LogP contribution in [-0.4, -0.2) is 17.1 Å². The zero-order valence-corrected chi connectivity index (χ0v) is 6.10. The van der Waals surface area contributed by atoms with Gasteiger partial charge in [0.25, 0.3) is 0 Å². The standard InChI is InChI=1S/C8H11NO2/c9-7(8(10)11)6-4-2-1-3-5-6/h1-4,6-7H,5,9H2,(H,10,11)/t6?,7-/m0/s1. The van der Waals surface area contributed by atoms with Crippen LogP contribution in [0.15, 0.2) is 24.3 Å². The Morgan fingerprint density at radius 2 is 2.36 bits per heavy atom. The third-order valence-electron chi connectivity index (χ3n) is 1.76. The van der Waals surface area contributed by atoms with Crippen molar-refractivity contribution in [2.75, 3.05) is 0 Å². The molecule has 1 rings (SSSR count). The minimum Gasteiger partial charge on any atom is -0.480 e. The number of nitrogens with two attached hydrogens (primary N) is 1. The van der Waals surface area contributed by atoms with Crippen LogP contribution in [0.4, 0.5) is 0 Å². The molecule has 1 aliphatic rings. The normalized spacial score (nSPS) is 25.0. The van der Waals surface area contributed by atoms with Crippen molar-refractivity contribution in [2.24, 2.45) is 11.7 Å². The van der Waals surface area contributed by atoms with E-state index in [0.717, 1.165) is 6.42 Å². The van der Waals surface area contributed by atoms with E-state index in [1.807, 2.05) is 24.3 Å². The molecule has 0 fully saturated rings. The zero-order valence-electron chi connectivity index (χ0n) is 6.10. The number of carboxylic acids is 1. The van der Waals surface area contributed by atoms with Crippen molar-refractivity contribution in [3.8, 4) is 0 Å². The Bertz CT molecular complexity index is 208. The van der Waals surface area contributed by atoms with E-state index in [-0.39, 0.29) is 5.92 Å². The average molecular weight is 153 g/mol. The van der Waals surface area contributed by atoms with Crippen LogP contribution in [0.2, 0.25) is 0 Å². The number of carbonyl (C=O) groups is 1. The highest BCUT2D eigenvalue weighted by Gasteiger charge is 2.21. The molecule has 0 radical (unpaired) electrons. The third kappa shape index (κ3) is 1.91. The van der Waals surface area contributed by atoms with Crippen LogP contribution in [-0.2, 0) is 4.79 Å². The van der Waals surface area contributed by atoms with Gasteiger partial charge in [0.1, 0.15) is 6.04 Å². The highest BCUT2D eigenvalue weighted by atomic mass is 16.4. The predicted molar refractivity (Wildman–Crippen MR) is 42.0 cm³/mol. The number of rotatable bonds is 2. The molecule has 3 N–H and O–H groups in total. The molecule has 2 atom stereocenters. The van der Waals surface area contributed by atoms with E-state index >= 15 is 0 Å². The Kier molecular flexibility index (Phi) is 2.44. The molecule has 0 bridgehead atoms. The first kappa shape index (κ1) is 8.01. The fraction of sp³-hybridized carbons (Fsp3) is 0.375. The molecule has 0 aromatic heterocycles. The van der Waals surface area contributed by atoms with E-state index in [1.165, 1.54) is 0 Å². The van der Waals surface area contributed by atoms with Gasteiger partial charge >= 0.3 is 5.97 Å². The highest BCUT2D eigenvalue weighted by Crippen LogP contribution is 2.14. The number of hydrogen-bond acceptors (Lipinski definition) is 2. The Balaban J connectivity index is 2.55. The summed E-state index contributed by atoms with van der Waals surface area (Å²) in [7, 11) is 0. The fourth-order valence-electron chi connectivity index (χ4n) is 1.05. The van der Waals surface area contributed by atoms with Gasteiger partial charge in [-0.2, -0.15) is 0 Å². The molecule has 0 amide bonds. The maximum absolute atomic E-state index is 10.4. The molecule has 0 saturated heterocycles. The van der Waals surface area contributed by atoms with Crippen molar-refractivity contribution in [1.29, 1.82) is 0 Å². The second-order valence-electron chi connectivity index (χ2n) is 2.58. The maximum Gasteiger partial charge on any atom is 0.321 e. The van der Waals surface area contributed by atoms with Gasteiger partial charge in [0.2, 0.25) is 0 Å². The van der Waals surface area contributed by atoms with Crippen LogP contribution >= 0.6 is 0 Å². The molecule has 0 spiro atoms. The molecule has 11 heavy (non-hydrogen) atoms. The predicted octanol–water partition coefficient (Wildman–Crippen LogP) is 0.531. The average Bonchev–Trinajstić information content (AvgIpc) is 2.05. The van der Waals surface area contributed by atoms with E-state index in [1.54, 1.807) is 0 Å². The van der Waals surface area contributed by atoms with Gasteiger partial charge in [-0.3, -0.25) is 4.79 Å². The Hall–Kier alpha value is -1.09. The van der Waals surface area contributed by atoms with Crippen molar-refractivity contribution in [3.63, 3.8) is 0 Å². The first-order valence-corrected chi connectivity index (χ1v) is 3.53. The van der Waals surface area contributed by atoms with Gasteiger partial charge < -0.3 is 10.8 Å². The summed E-state index contributed by atoms with van der Waals surface area (Å²) in [6.45, 7) is 0. The van der Waals surface area contributed by atoms with Crippen molar-refractivity contribution in [2.45, 2.75) is 12.5 Å². The van der Waals surface area contributed by atoms with Crippen molar-refractivity contribution in [3.05, 3.63) is 24.3 Å². The molecule has 1 unspecified atom stereocenters. The summed E-state index contributed by atoms with van der Waals surface area (Å²) in [5, 5.41) is 8.55. The van der Waals surface area contributed by atoms with E-state index in [9.17, 15) is 4.79 Å². The molecule has 60 valence electrons. The summed E-state index contributed by atoms with van der Waals surface area (Å²) in [5.41, 5.74) is 5.41. The lowest BCUT2D eigenvalue weighted by Gasteiger charge is -2.16. The van der Waals surface area contributed by atoms with Gasteiger partial charge in [0, 0.05) is 5.92 Å². The molecule has 0 heterocycles. The lowest BCUT2D eigenvalue weighted by Crippen LogP contribution is -2.37. The maximum atomic E-state index is 10.4. The Morgan fingerprint density at radius 3 is 2.82 bits per heavy atom. The van der Waals surface area contributed by atoms with Crippen molar-refractivity contribution < 1.29 is 9.90 Å². The van der Waals surface area contributed by atoms with Gasteiger partial charge in [0.15, 0.2) is 0 Å². The van der Waals surface area contributed by atoms with Crippen LogP contribution in [0.3, 0.4) is 0 Å².